The van der Waals surface area contributed by atoms with Gasteiger partial charge < -0.3 is 14.9 Å². The molecule has 2 N–H and O–H groups in total. The van der Waals surface area contributed by atoms with E-state index in [4.69, 9.17) is 4.74 Å². The summed E-state index contributed by atoms with van der Waals surface area (Å²) in [6.07, 6.45) is 4.23. The van der Waals surface area contributed by atoms with Crippen LogP contribution in [0, 0.1) is 36.0 Å². The second-order valence-electron chi connectivity index (χ2n) is 11.1. The molecule has 0 radical (unpaired) electrons. The molecule has 1 aliphatic heterocycles. The minimum Gasteiger partial charge on any atom is -0.458 e. The van der Waals surface area contributed by atoms with Crippen LogP contribution in [0.2, 0.25) is 0 Å². The van der Waals surface area contributed by atoms with E-state index in [1.807, 2.05) is 32.2 Å². The zero-order valence-corrected chi connectivity index (χ0v) is 22.2. The third-order valence-corrected chi connectivity index (χ3v) is 8.74. The quantitative estimate of drug-likeness (QED) is 0.568. The number of hydrogen-bond acceptors (Lipinski definition) is 7. The molecule has 7 heteroatoms. The van der Waals surface area contributed by atoms with Crippen LogP contribution in [-0.4, -0.2) is 45.3 Å². The number of nitrogens with zero attached hydrogens (tertiary/aromatic N) is 1. The second kappa shape index (κ2) is 11.0. The summed E-state index contributed by atoms with van der Waals surface area (Å²) in [6, 6.07) is 0. The van der Waals surface area contributed by atoms with E-state index in [0.717, 1.165) is 48.4 Å². The van der Waals surface area contributed by atoms with Crippen molar-refractivity contribution < 1.29 is 24.5 Å². The first kappa shape index (κ1) is 27.0. The molecule has 1 aromatic rings. The van der Waals surface area contributed by atoms with Gasteiger partial charge in [-0.1, -0.05) is 40.5 Å². The number of ether oxygens (including phenoxy) is 1. The van der Waals surface area contributed by atoms with E-state index >= 15 is 0 Å². The molecule has 1 saturated carbocycles. The Balaban J connectivity index is 1.81. The van der Waals surface area contributed by atoms with Crippen molar-refractivity contribution in [2.45, 2.75) is 98.4 Å². The Labute approximate surface area is 207 Å². The Morgan fingerprint density at radius 1 is 1.18 bits per heavy atom. The Bertz CT molecular complexity index is 907. The van der Waals surface area contributed by atoms with Crippen LogP contribution in [0.15, 0.2) is 11.0 Å². The number of hydrogen-bond donors (Lipinski definition) is 2. The van der Waals surface area contributed by atoms with E-state index in [1.54, 1.807) is 32.1 Å². The molecule has 0 amide bonds. The highest BCUT2D eigenvalue weighted by Crippen LogP contribution is 2.47. The predicted molar refractivity (Wildman–Crippen MR) is 134 cm³/mol. The van der Waals surface area contributed by atoms with E-state index in [-0.39, 0.29) is 24.2 Å². The number of cyclic esters (lactones) is 1. The number of rotatable bonds is 2. The summed E-state index contributed by atoms with van der Waals surface area (Å²) in [7, 11) is 0. The van der Waals surface area contributed by atoms with E-state index in [2.05, 4.69) is 4.98 Å². The van der Waals surface area contributed by atoms with Gasteiger partial charge in [0.1, 0.15) is 11.9 Å². The summed E-state index contributed by atoms with van der Waals surface area (Å²) in [5.74, 6) is -0.234. The number of Topliss-reactive ketones (excluding diaryl/α,β-unsaturated/α-hetero) is 1. The van der Waals surface area contributed by atoms with E-state index in [9.17, 15) is 19.8 Å². The number of aryl methyl sites for hydroxylation is 1. The van der Waals surface area contributed by atoms with Gasteiger partial charge in [0.25, 0.3) is 0 Å². The maximum atomic E-state index is 13.2. The number of ketones is 1. The lowest BCUT2D eigenvalue weighted by atomic mass is 9.73. The molecule has 3 rings (SSSR count). The minimum absolute atomic E-state index is 0.00135. The van der Waals surface area contributed by atoms with Crippen molar-refractivity contribution in [3.63, 3.8) is 0 Å². The zero-order chi connectivity index (χ0) is 25.2. The van der Waals surface area contributed by atoms with Gasteiger partial charge in [-0.05, 0) is 62.5 Å². The molecule has 0 spiro atoms. The number of esters is 1. The molecule has 1 saturated heterocycles. The first-order valence-corrected chi connectivity index (χ1v) is 13.5. The summed E-state index contributed by atoms with van der Waals surface area (Å²) >= 11 is 1.58. The van der Waals surface area contributed by atoms with Crippen molar-refractivity contribution in [2.75, 3.05) is 0 Å². The van der Waals surface area contributed by atoms with E-state index in [0.29, 0.717) is 11.8 Å². The topological polar surface area (TPSA) is 96.7 Å². The molecule has 190 valence electrons. The number of thiazole rings is 1. The van der Waals surface area contributed by atoms with Crippen LogP contribution < -0.4 is 0 Å². The van der Waals surface area contributed by atoms with Crippen LogP contribution in [0.1, 0.15) is 83.8 Å². The van der Waals surface area contributed by atoms with Crippen molar-refractivity contribution >= 4 is 29.2 Å². The Morgan fingerprint density at radius 2 is 1.88 bits per heavy atom. The smallest absolute Gasteiger partial charge is 0.309 e. The monoisotopic (exact) mass is 491 g/mol. The molecule has 7 atom stereocenters. The molecule has 4 unspecified atom stereocenters. The van der Waals surface area contributed by atoms with Gasteiger partial charge in [-0.3, -0.25) is 9.59 Å². The van der Waals surface area contributed by atoms with Gasteiger partial charge >= 0.3 is 5.97 Å². The highest BCUT2D eigenvalue weighted by atomic mass is 32.1. The fourth-order valence-electron chi connectivity index (χ4n) is 5.22. The van der Waals surface area contributed by atoms with Gasteiger partial charge in [-0.25, -0.2) is 4.98 Å². The van der Waals surface area contributed by atoms with Crippen LogP contribution in [-0.2, 0) is 14.3 Å². The van der Waals surface area contributed by atoms with Crippen molar-refractivity contribution in [1.82, 2.24) is 4.98 Å². The van der Waals surface area contributed by atoms with Crippen LogP contribution in [0.25, 0.3) is 6.08 Å². The third-order valence-electron chi connectivity index (χ3n) is 7.95. The summed E-state index contributed by atoms with van der Waals surface area (Å²) in [4.78, 5) is 30.6. The molecule has 1 aromatic heterocycles. The molecular formula is C27H41NO5S. The fourth-order valence-corrected chi connectivity index (χ4v) is 5.79. The lowest BCUT2D eigenvalue weighted by Gasteiger charge is -2.34. The van der Waals surface area contributed by atoms with Gasteiger partial charge in [0.05, 0.1) is 34.7 Å². The summed E-state index contributed by atoms with van der Waals surface area (Å²) in [5.41, 5.74) is 0.639. The number of fused-ring (bicyclic) bond motifs is 1. The zero-order valence-electron chi connectivity index (χ0n) is 21.4. The number of aliphatic hydroxyl groups is 2. The molecule has 6 nitrogen and oxygen atoms in total. The normalized spacial score (nSPS) is 36.0. The van der Waals surface area contributed by atoms with Crippen molar-refractivity contribution in [3.05, 3.63) is 21.7 Å². The van der Waals surface area contributed by atoms with Crippen molar-refractivity contribution in [2.24, 2.45) is 29.1 Å². The van der Waals surface area contributed by atoms with Gasteiger partial charge in [-0.15, -0.1) is 11.3 Å². The standard InChI is InChI=1S/C27H41NO5S/c1-15-8-7-9-19-11-20(19)12-22(16(2)10-21-14-34-18(4)28-21)33-24(30)13-23(29)27(5,6)26(32)17(3)25(15)31/h10,14-15,17,19-20,22-23,25,29,31H,7-9,11-13H2,1-6H3/b16-10+/t15?,17?,19-,20?,22-,23?,25-/m0/s1. The van der Waals surface area contributed by atoms with Crippen LogP contribution >= 0.6 is 11.3 Å². The van der Waals surface area contributed by atoms with Crippen molar-refractivity contribution in [3.8, 4) is 0 Å². The maximum absolute atomic E-state index is 13.2. The molecule has 1 aliphatic carbocycles. The summed E-state index contributed by atoms with van der Waals surface area (Å²) in [6.45, 7) is 10.9. The molecule has 0 bridgehead atoms. The molecule has 2 aliphatic rings. The first-order valence-electron chi connectivity index (χ1n) is 12.6. The molecular weight excluding hydrogens is 450 g/mol. The lowest BCUT2D eigenvalue weighted by Crippen LogP contribution is -2.45. The van der Waals surface area contributed by atoms with E-state index in [1.165, 1.54) is 0 Å². The van der Waals surface area contributed by atoms with Gasteiger partial charge in [0.2, 0.25) is 0 Å². The molecule has 34 heavy (non-hydrogen) atoms. The Hall–Kier alpha value is -1.57. The van der Waals surface area contributed by atoms with Crippen LogP contribution in [0.3, 0.4) is 0 Å². The number of aromatic nitrogens is 1. The van der Waals surface area contributed by atoms with Gasteiger partial charge in [0, 0.05) is 11.3 Å². The second-order valence-corrected chi connectivity index (χ2v) is 12.2. The lowest BCUT2D eigenvalue weighted by molar-refractivity contribution is -0.154. The highest BCUT2D eigenvalue weighted by Gasteiger charge is 2.43. The van der Waals surface area contributed by atoms with Gasteiger partial charge in [0.15, 0.2) is 0 Å². The number of carbonyl (C=O) groups excluding carboxylic acids is 2. The predicted octanol–water partition coefficient (Wildman–Crippen LogP) is 4.96. The fraction of sp³-hybridized carbons (Fsp3) is 0.741. The largest absolute Gasteiger partial charge is 0.458 e. The number of carbonyl (C=O) groups is 2. The molecule has 0 aromatic carbocycles. The molecule has 2 fully saturated rings. The summed E-state index contributed by atoms with van der Waals surface area (Å²) in [5, 5.41) is 24.6. The Morgan fingerprint density at radius 3 is 2.53 bits per heavy atom. The van der Waals surface area contributed by atoms with Crippen LogP contribution in [0.5, 0.6) is 0 Å². The SMILES string of the molecule is C/C(=C\c1csc(C)n1)[C@@H]1CC2C[C@@H]2CCCC(C)[C@H](O)C(C)C(=O)C(C)(C)C(O)CC(=O)O1. The third kappa shape index (κ3) is 6.55. The van der Waals surface area contributed by atoms with E-state index < -0.39 is 29.5 Å². The van der Waals surface area contributed by atoms with Crippen LogP contribution in [0.4, 0.5) is 0 Å². The van der Waals surface area contributed by atoms with Crippen molar-refractivity contribution in [1.29, 1.82) is 0 Å². The Kier molecular flexibility index (Phi) is 8.75. The summed E-state index contributed by atoms with van der Waals surface area (Å²) < 4.78 is 5.90. The average Bonchev–Trinajstić information content (AvgIpc) is 3.38. The van der Waals surface area contributed by atoms with Gasteiger partial charge in [-0.2, -0.15) is 0 Å². The average molecular weight is 492 g/mol. The molecule has 2 heterocycles. The minimum atomic E-state index is -1.19. The maximum Gasteiger partial charge on any atom is 0.309 e. The number of aliphatic hydroxyl groups excluding tert-OH is 2. The highest BCUT2D eigenvalue weighted by molar-refractivity contribution is 7.09. The first-order chi connectivity index (χ1) is 15.9.